The van der Waals surface area contributed by atoms with E-state index in [-0.39, 0.29) is 11.7 Å². The molecule has 2 rings (SSSR count). The van der Waals surface area contributed by atoms with Crippen molar-refractivity contribution in [3.05, 3.63) is 35.1 Å². The van der Waals surface area contributed by atoms with Crippen LogP contribution in [0.25, 0.3) is 0 Å². The summed E-state index contributed by atoms with van der Waals surface area (Å²) in [4.78, 5) is 13.5. The number of rotatable bonds is 1. The third-order valence-electron chi connectivity index (χ3n) is 2.86. The Balaban J connectivity index is 2.18. The van der Waals surface area contributed by atoms with Crippen LogP contribution in [0.4, 0.5) is 4.39 Å². The van der Waals surface area contributed by atoms with Crippen LogP contribution >= 0.6 is 0 Å². The van der Waals surface area contributed by atoms with E-state index < -0.39 is 6.10 Å². The van der Waals surface area contributed by atoms with Gasteiger partial charge in [-0.25, -0.2) is 4.39 Å². The van der Waals surface area contributed by atoms with Crippen LogP contribution < -0.4 is 0 Å². The highest BCUT2D eigenvalue weighted by Crippen LogP contribution is 2.15. The van der Waals surface area contributed by atoms with E-state index in [0.29, 0.717) is 30.6 Å². The van der Waals surface area contributed by atoms with Gasteiger partial charge in [-0.1, -0.05) is 0 Å². The molecule has 86 valence electrons. The summed E-state index contributed by atoms with van der Waals surface area (Å²) in [5.41, 5.74) is 0.943. The lowest BCUT2D eigenvalue weighted by molar-refractivity contribution is 0.0765. The number of aliphatic hydroxyl groups excluding tert-OH is 1. The summed E-state index contributed by atoms with van der Waals surface area (Å²) in [5, 5.41) is 9.34. The quantitative estimate of drug-likeness (QED) is 0.780. The topological polar surface area (TPSA) is 40.5 Å². The van der Waals surface area contributed by atoms with Crippen molar-refractivity contribution in [3.8, 4) is 0 Å². The Bertz CT molecular complexity index is 419. The van der Waals surface area contributed by atoms with E-state index in [9.17, 15) is 14.3 Å². The van der Waals surface area contributed by atoms with Crippen molar-refractivity contribution in [3.63, 3.8) is 0 Å². The highest BCUT2D eigenvalue weighted by Gasteiger charge is 2.25. The van der Waals surface area contributed by atoms with Gasteiger partial charge in [0.25, 0.3) is 5.91 Å². The van der Waals surface area contributed by atoms with Crippen molar-refractivity contribution in [2.75, 3.05) is 13.1 Å². The van der Waals surface area contributed by atoms with Gasteiger partial charge in [0, 0.05) is 18.7 Å². The number of hydrogen-bond acceptors (Lipinski definition) is 2. The Morgan fingerprint density at radius 1 is 1.56 bits per heavy atom. The van der Waals surface area contributed by atoms with E-state index in [2.05, 4.69) is 0 Å². The van der Waals surface area contributed by atoms with Gasteiger partial charge in [0.05, 0.1) is 6.10 Å². The second-order valence-corrected chi connectivity index (χ2v) is 4.16. The Morgan fingerprint density at radius 2 is 2.31 bits per heavy atom. The fourth-order valence-electron chi connectivity index (χ4n) is 1.89. The predicted octanol–water partition coefficient (Wildman–Crippen LogP) is 1.34. The average molecular weight is 223 g/mol. The molecular weight excluding hydrogens is 209 g/mol. The molecule has 1 N–H and O–H groups in total. The van der Waals surface area contributed by atoms with E-state index >= 15 is 0 Å². The highest BCUT2D eigenvalue weighted by molar-refractivity contribution is 5.94. The fraction of sp³-hybridized carbons (Fsp3) is 0.417. The molecule has 4 heteroatoms. The van der Waals surface area contributed by atoms with Crippen LogP contribution in [0.15, 0.2) is 18.2 Å². The molecule has 1 aliphatic heterocycles. The molecule has 1 aliphatic rings. The molecule has 0 aromatic heterocycles. The standard InChI is InChI=1S/C12H14FNO2/c1-8-6-9(2-3-11(8)13)12(16)14-5-4-10(15)7-14/h2-3,6,10,15H,4-5,7H2,1H3/t10-/m1/s1. The fourth-order valence-corrected chi connectivity index (χ4v) is 1.89. The average Bonchev–Trinajstić information content (AvgIpc) is 2.68. The first-order valence-corrected chi connectivity index (χ1v) is 5.31. The van der Waals surface area contributed by atoms with Crippen molar-refractivity contribution >= 4 is 5.91 Å². The van der Waals surface area contributed by atoms with Crippen molar-refractivity contribution in [2.45, 2.75) is 19.4 Å². The summed E-state index contributed by atoms with van der Waals surface area (Å²) in [6, 6.07) is 4.33. The van der Waals surface area contributed by atoms with E-state index in [1.54, 1.807) is 17.9 Å². The minimum absolute atomic E-state index is 0.139. The Labute approximate surface area is 93.5 Å². The smallest absolute Gasteiger partial charge is 0.253 e. The lowest BCUT2D eigenvalue weighted by atomic mass is 10.1. The molecule has 0 radical (unpaired) electrons. The SMILES string of the molecule is Cc1cc(C(=O)N2CC[C@@H](O)C2)ccc1F. The van der Waals surface area contributed by atoms with E-state index in [1.165, 1.54) is 12.1 Å². The number of carbonyl (C=O) groups is 1. The van der Waals surface area contributed by atoms with Gasteiger partial charge < -0.3 is 10.0 Å². The molecule has 16 heavy (non-hydrogen) atoms. The van der Waals surface area contributed by atoms with Gasteiger partial charge in [-0.15, -0.1) is 0 Å². The number of β-amino-alcohol motifs (C(OH)–C–C–N with tert-alkyl or cyclic N) is 1. The van der Waals surface area contributed by atoms with Gasteiger partial charge >= 0.3 is 0 Å². The lowest BCUT2D eigenvalue weighted by Gasteiger charge is -2.15. The minimum atomic E-state index is -0.425. The van der Waals surface area contributed by atoms with Crippen LogP contribution in [0, 0.1) is 12.7 Å². The number of aliphatic hydroxyl groups is 1. The van der Waals surface area contributed by atoms with Gasteiger partial charge in [0.1, 0.15) is 5.82 Å². The maximum Gasteiger partial charge on any atom is 0.253 e. The second-order valence-electron chi connectivity index (χ2n) is 4.16. The number of carbonyl (C=O) groups excluding carboxylic acids is 1. The molecular formula is C12H14FNO2. The molecule has 0 saturated carbocycles. The molecule has 1 aromatic carbocycles. The zero-order valence-electron chi connectivity index (χ0n) is 9.11. The molecule has 1 amide bonds. The number of benzene rings is 1. The number of amides is 1. The summed E-state index contributed by atoms with van der Waals surface area (Å²) in [6.07, 6.45) is 0.192. The van der Waals surface area contributed by atoms with E-state index in [0.717, 1.165) is 0 Å². The molecule has 1 fully saturated rings. The van der Waals surface area contributed by atoms with Crippen molar-refractivity contribution < 1.29 is 14.3 Å². The summed E-state index contributed by atoms with van der Waals surface area (Å²) < 4.78 is 13.0. The maximum absolute atomic E-state index is 13.0. The van der Waals surface area contributed by atoms with Gasteiger partial charge in [-0.3, -0.25) is 4.79 Å². The molecule has 0 aliphatic carbocycles. The molecule has 0 spiro atoms. The minimum Gasteiger partial charge on any atom is -0.391 e. The number of nitrogens with zero attached hydrogens (tertiary/aromatic N) is 1. The van der Waals surface area contributed by atoms with E-state index in [1.807, 2.05) is 0 Å². The van der Waals surface area contributed by atoms with Gasteiger partial charge in [-0.2, -0.15) is 0 Å². The largest absolute Gasteiger partial charge is 0.391 e. The molecule has 0 unspecified atom stereocenters. The van der Waals surface area contributed by atoms with Crippen LogP contribution in [0.1, 0.15) is 22.3 Å². The third-order valence-corrected chi connectivity index (χ3v) is 2.86. The van der Waals surface area contributed by atoms with Crippen LogP contribution in [-0.2, 0) is 0 Å². The number of aryl methyl sites for hydroxylation is 1. The lowest BCUT2D eigenvalue weighted by Crippen LogP contribution is -2.29. The van der Waals surface area contributed by atoms with Crippen LogP contribution in [0.3, 0.4) is 0 Å². The Kier molecular flexibility index (Phi) is 2.92. The highest BCUT2D eigenvalue weighted by atomic mass is 19.1. The molecule has 3 nitrogen and oxygen atoms in total. The molecule has 1 aromatic rings. The molecule has 1 saturated heterocycles. The van der Waals surface area contributed by atoms with E-state index in [4.69, 9.17) is 0 Å². The third kappa shape index (κ3) is 2.07. The zero-order chi connectivity index (χ0) is 11.7. The van der Waals surface area contributed by atoms with Crippen LogP contribution in [0.2, 0.25) is 0 Å². The zero-order valence-corrected chi connectivity index (χ0v) is 9.11. The van der Waals surface area contributed by atoms with Crippen molar-refractivity contribution in [1.82, 2.24) is 4.90 Å². The van der Waals surface area contributed by atoms with Crippen molar-refractivity contribution in [1.29, 1.82) is 0 Å². The summed E-state index contributed by atoms with van der Waals surface area (Å²) in [7, 11) is 0. The predicted molar refractivity (Wildman–Crippen MR) is 57.7 cm³/mol. The first-order chi connectivity index (χ1) is 7.58. The number of hydrogen-bond donors (Lipinski definition) is 1. The first-order valence-electron chi connectivity index (χ1n) is 5.31. The summed E-state index contributed by atoms with van der Waals surface area (Å²) in [5.74, 6) is -0.447. The van der Waals surface area contributed by atoms with Gasteiger partial charge in [0.15, 0.2) is 0 Å². The molecule has 1 atom stereocenters. The number of likely N-dealkylation sites (tertiary alicyclic amines) is 1. The van der Waals surface area contributed by atoms with Crippen LogP contribution in [-0.4, -0.2) is 35.1 Å². The van der Waals surface area contributed by atoms with Crippen molar-refractivity contribution in [2.24, 2.45) is 0 Å². The van der Waals surface area contributed by atoms with Gasteiger partial charge in [0.2, 0.25) is 0 Å². The molecule has 0 bridgehead atoms. The molecule has 1 heterocycles. The normalized spacial score (nSPS) is 20.2. The summed E-state index contributed by atoms with van der Waals surface area (Å²) in [6.45, 7) is 2.57. The maximum atomic E-state index is 13.0. The monoisotopic (exact) mass is 223 g/mol. The Morgan fingerprint density at radius 3 is 2.88 bits per heavy atom. The first kappa shape index (κ1) is 11.1. The Hall–Kier alpha value is -1.42. The second kappa shape index (κ2) is 4.22. The van der Waals surface area contributed by atoms with Crippen LogP contribution in [0.5, 0.6) is 0 Å². The number of halogens is 1. The van der Waals surface area contributed by atoms with Gasteiger partial charge in [-0.05, 0) is 37.1 Å². The summed E-state index contributed by atoms with van der Waals surface area (Å²) >= 11 is 0.